The maximum Gasteiger partial charge on any atom is 0.278 e. The number of para-hydroxylation sites is 1. The maximum atomic E-state index is 12.9. The molecular formula is C23H23N5O3. The van der Waals surface area contributed by atoms with E-state index in [1.54, 1.807) is 12.0 Å². The first-order valence-corrected chi connectivity index (χ1v) is 10.3. The molecule has 8 nitrogen and oxygen atoms in total. The fraction of sp³-hybridized carbons (Fsp3) is 0.261. The highest BCUT2D eigenvalue weighted by atomic mass is 16.5. The van der Waals surface area contributed by atoms with Crippen LogP contribution < -0.4 is 15.2 Å². The van der Waals surface area contributed by atoms with E-state index in [0.29, 0.717) is 24.1 Å². The Balaban J connectivity index is 1.29. The number of aromatic nitrogens is 3. The van der Waals surface area contributed by atoms with Crippen molar-refractivity contribution in [3.05, 3.63) is 65.2 Å². The van der Waals surface area contributed by atoms with Crippen molar-refractivity contribution in [3.63, 3.8) is 0 Å². The van der Waals surface area contributed by atoms with Gasteiger partial charge in [0.1, 0.15) is 23.3 Å². The molecule has 0 bridgehead atoms. The second kappa shape index (κ2) is 7.79. The molecule has 3 heterocycles. The van der Waals surface area contributed by atoms with Crippen molar-refractivity contribution in [2.24, 2.45) is 0 Å². The first-order chi connectivity index (χ1) is 15.1. The van der Waals surface area contributed by atoms with Crippen LogP contribution in [0.1, 0.15) is 0 Å². The number of carbonyl (C=O) groups excluding carboxylic acids is 1. The Morgan fingerprint density at radius 3 is 2.71 bits per heavy atom. The Hall–Kier alpha value is -3.81. The molecule has 1 amide bonds. The van der Waals surface area contributed by atoms with E-state index < -0.39 is 0 Å². The normalized spacial score (nSPS) is 14.4. The third-order valence-corrected chi connectivity index (χ3v) is 5.84. The molecule has 31 heavy (non-hydrogen) atoms. The van der Waals surface area contributed by atoms with E-state index in [1.165, 1.54) is 10.9 Å². The molecule has 0 spiro atoms. The zero-order chi connectivity index (χ0) is 21.4. The van der Waals surface area contributed by atoms with Crippen molar-refractivity contribution in [3.8, 4) is 5.75 Å². The molecular weight excluding hydrogens is 394 g/mol. The second-order valence-electron chi connectivity index (χ2n) is 7.64. The van der Waals surface area contributed by atoms with Crippen LogP contribution in [0.3, 0.4) is 0 Å². The van der Waals surface area contributed by atoms with Gasteiger partial charge in [-0.2, -0.15) is 0 Å². The van der Waals surface area contributed by atoms with Gasteiger partial charge in [0.15, 0.2) is 0 Å². The summed E-state index contributed by atoms with van der Waals surface area (Å²) in [5.74, 6) is 0.736. The second-order valence-corrected chi connectivity index (χ2v) is 7.64. The Labute approximate surface area is 178 Å². The lowest BCUT2D eigenvalue weighted by Crippen LogP contribution is -2.50. The summed E-state index contributed by atoms with van der Waals surface area (Å²) >= 11 is 0. The first-order valence-electron chi connectivity index (χ1n) is 10.3. The molecule has 0 atom stereocenters. The maximum absolute atomic E-state index is 12.9. The summed E-state index contributed by atoms with van der Waals surface area (Å²) in [4.78, 5) is 37.4. The van der Waals surface area contributed by atoms with Crippen LogP contribution >= 0.6 is 0 Å². The molecule has 1 aliphatic heterocycles. The highest BCUT2D eigenvalue weighted by Gasteiger charge is 2.22. The average Bonchev–Trinajstić information content (AvgIpc) is 3.20. The number of hydrogen-bond donors (Lipinski definition) is 1. The number of piperazine rings is 1. The Kier molecular flexibility index (Phi) is 4.82. The van der Waals surface area contributed by atoms with E-state index in [9.17, 15) is 9.59 Å². The SMILES string of the molecule is COc1cccc(N2CCN(C(=O)Cn3cnc4c([nH]c5ccccc54)c3=O)CC2)c1. The third-order valence-electron chi connectivity index (χ3n) is 5.84. The number of rotatable bonds is 4. The molecule has 8 heteroatoms. The van der Waals surface area contributed by atoms with Crippen LogP contribution in [-0.4, -0.2) is 58.6 Å². The lowest BCUT2D eigenvalue weighted by atomic mass is 10.2. The molecule has 0 radical (unpaired) electrons. The zero-order valence-electron chi connectivity index (χ0n) is 17.2. The van der Waals surface area contributed by atoms with Crippen molar-refractivity contribution >= 4 is 33.5 Å². The Morgan fingerprint density at radius 1 is 1.10 bits per heavy atom. The first kappa shape index (κ1) is 19.2. The minimum absolute atomic E-state index is 0.0176. The van der Waals surface area contributed by atoms with Crippen LogP contribution in [0, 0.1) is 0 Å². The average molecular weight is 417 g/mol. The van der Waals surface area contributed by atoms with Gasteiger partial charge in [-0.05, 0) is 18.2 Å². The molecule has 0 unspecified atom stereocenters. The zero-order valence-corrected chi connectivity index (χ0v) is 17.2. The largest absolute Gasteiger partial charge is 0.497 e. The van der Waals surface area contributed by atoms with Crippen molar-refractivity contribution < 1.29 is 9.53 Å². The monoisotopic (exact) mass is 417 g/mol. The molecule has 1 N–H and O–H groups in total. The Morgan fingerprint density at radius 2 is 1.90 bits per heavy atom. The minimum atomic E-state index is -0.232. The number of nitrogens with one attached hydrogen (secondary N) is 1. The highest BCUT2D eigenvalue weighted by molar-refractivity contribution is 6.04. The van der Waals surface area contributed by atoms with Crippen molar-refractivity contribution in [2.75, 3.05) is 38.2 Å². The standard InChI is InChI=1S/C23H23N5O3/c1-31-17-6-4-5-16(13-17)26-9-11-27(12-10-26)20(29)14-28-15-24-21-18-7-2-3-8-19(18)25-22(21)23(28)30/h2-8,13,15,25H,9-12,14H2,1H3. The number of aromatic amines is 1. The van der Waals surface area contributed by atoms with E-state index in [0.717, 1.165) is 35.4 Å². The summed E-state index contributed by atoms with van der Waals surface area (Å²) in [6.45, 7) is 2.65. The number of nitrogens with zero attached hydrogens (tertiary/aromatic N) is 4. The predicted octanol–water partition coefficient (Wildman–Crippen LogP) is 2.24. The van der Waals surface area contributed by atoms with Gasteiger partial charge in [-0.1, -0.05) is 24.3 Å². The molecule has 0 saturated carbocycles. The molecule has 0 aliphatic carbocycles. The van der Waals surface area contributed by atoms with Gasteiger partial charge in [0.2, 0.25) is 5.91 Å². The van der Waals surface area contributed by atoms with Crippen LogP contribution in [0.25, 0.3) is 21.9 Å². The molecule has 5 rings (SSSR count). The van der Waals surface area contributed by atoms with Crippen LogP contribution in [0.4, 0.5) is 5.69 Å². The van der Waals surface area contributed by atoms with Crippen molar-refractivity contribution in [1.82, 2.24) is 19.4 Å². The summed E-state index contributed by atoms with van der Waals surface area (Å²) in [5.41, 5.74) is 2.77. The lowest BCUT2D eigenvalue weighted by Gasteiger charge is -2.36. The van der Waals surface area contributed by atoms with E-state index in [2.05, 4.69) is 14.9 Å². The van der Waals surface area contributed by atoms with Gasteiger partial charge < -0.3 is 19.5 Å². The molecule has 2 aromatic carbocycles. The number of H-pyrrole nitrogens is 1. The number of hydrogen-bond acceptors (Lipinski definition) is 5. The molecule has 158 valence electrons. The van der Waals surface area contributed by atoms with Gasteiger partial charge in [0, 0.05) is 48.8 Å². The minimum Gasteiger partial charge on any atom is -0.497 e. The molecule has 4 aromatic rings. The van der Waals surface area contributed by atoms with Gasteiger partial charge in [-0.25, -0.2) is 4.98 Å². The predicted molar refractivity (Wildman–Crippen MR) is 120 cm³/mol. The van der Waals surface area contributed by atoms with E-state index in [-0.39, 0.29) is 18.0 Å². The van der Waals surface area contributed by atoms with Gasteiger partial charge in [0.05, 0.1) is 13.4 Å². The molecule has 1 aliphatic rings. The summed E-state index contributed by atoms with van der Waals surface area (Å²) in [6.07, 6.45) is 1.47. The van der Waals surface area contributed by atoms with Crippen molar-refractivity contribution in [1.29, 1.82) is 0 Å². The lowest BCUT2D eigenvalue weighted by molar-refractivity contribution is -0.132. The fourth-order valence-corrected chi connectivity index (χ4v) is 4.12. The smallest absolute Gasteiger partial charge is 0.278 e. The van der Waals surface area contributed by atoms with Crippen molar-refractivity contribution in [2.45, 2.75) is 6.54 Å². The van der Waals surface area contributed by atoms with Gasteiger partial charge in [-0.3, -0.25) is 14.2 Å². The topological polar surface area (TPSA) is 83.5 Å². The van der Waals surface area contributed by atoms with Gasteiger partial charge in [0.25, 0.3) is 5.56 Å². The highest BCUT2D eigenvalue weighted by Crippen LogP contribution is 2.22. The van der Waals surface area contributed by atoms with E-state index in [1.807, 2.05) is 48.5 Å². The van der Waals surface area contributed by atoms with Crippen LogP contribution in [0.15, 0.2) is 59.7 Å². The molecule has 2 aromatic heterocycles. The fourth-order valence-electron chi connectivity index (χ4n) is 4.12. The number of ether oxygens (including phenoxy) is 1. The van der Waals surface area contributed by atoms with Crippen LogP contribution in [-0.2, 0) is 11.3 Å². The number of fused-ring (bicyclic) bond motifs is 3. The van der Waals surface area contributed by atoms with Gasteiger partial charge in [-0.15, -0.1) is 0 Å². The molecule has 1 fully saturated rings. The van der Waals surface area contributed by atoms with Crippen LogP contribution in [0.5, 0.6) is 5.75 Å². The van der Waals surface area contributed by atoms with E-state index in [4.69, 9.17) is 4.74 Å². The summed E-state index contributed by atoms with van der Waals surface area (Å²) in [6, 6.07) is 15.6. The number of carbonyl (C=O) groups is 1. The van der Waals surface area contributed by atoms with E-state index >= 15 is 0 Å². The number of anilines is 1. The number of benzene rings is 2. The number of methoxy groups -OCH3 is 1. The Bertz CT molecular complexity index is 1320. The third kappa shape index (κ3) is 3.50. The summed E-state index contributed by atoms with van der Waals surface area (Å²) in [7, 11) is 1.65. The summed E-state index contributed by atoms with van der Waals surface area (Å²) in [5, 5.41) is 0.904. The quantitative estimate of drug-likeness (QED) is 0.551. The summed E-state index contributed by atoms with van der Waals surface area (Å²) < 4.78 is 6.68. The molecule has 1 saturated heterocycles. The van der Waals surface area contributed by atoms with Crippen LogP contribution in [0.2, 0.25) is 0 Å². The number of amides is 1. The van der Waals surface area contributed by atoms with Gasteiger partial charge >= 0.3 is 0 Å².